The summed E-state index contributed by atoms with van der Waals surface area (Å²) in [6.45, 7) is 5.69. The second kappa shape index (κ2) is 9.47. The minimum absolute atomic E-state index is 0.0413. The molecule has 0 bridgehead atoms. The van der Waals surface area contributed by atoms with Crippen LogP contribution in [-0.4, -0.2) is 42.8 Å². The van der Waals surface area contributed by atoms with E-state index in [0.717, 1.165) is 29.8 Å². The SMILES string of the molecule is C=CCN(C(=O)C1CCN(c2nc(-c3ccc(OC)cc3)no2)CC1)c1ccccc1. The highest BCUT2D eigenvalue weighted by Gasteiger charge is 2.30. The van der Waals surface area contributed by atoms with Gasteiger partial charge in [-0.15, -0.1) is 6.58 Å². The van der Waals surface area contributed by atoms with Gasteiger partial charge in [0.1, 0.15) is 5.75 Å². The summed E-state index contributed by atoms with van der Waals surface area (Å²) in [6, 6.07) is 17.8. The number of hydrogen-bond acceptors (Lipinski definition) is 6. The molecule has 1 aliphatic rings. The molecule has 1 amide bonds. The number of rotatable bonds is 7. The third-order valence-corrected chi connectivity index (χ3v) is 5.52. The van der Waals surface area contributed by atoms with E-state index < -0.39 is 0 Å². The van der Waals surface area contributed by atoms with E-state index >= 15 is 0 Å². The van der Waals surface area contributed by atoms with Crippen molar-refractivity contribution >= 4 is 17.6 Å². The Morgan fingerprint density at radius 3 is 2.55 bits per heavy atom. The number of anilines is 2. The molecule has 1 fully saturated rings. The molecular formula is C24H26N4O3. The van der Waals surface area contributed by atoms with Gasteiger partial charge in [0.2, 0.25) is 11.7 Å². The number of amides is 1. The Hall–Kier alpha value is -3.61. The molecule has 7 heteroatoms. The minimum atomic E-state index is -0.0413. The summed E-state index contributed by atoms with van der Waals surface area (Å²) in [6.07, 6.45) is 3.23. The van der Waals surface area contributed by atoms with Crippen LogP contribution in [0, 0.1) is 5.92 Å². The van der Waals surface area contributed by atoms with Crippen LogP contribution in [0.4, 0.5) is 11.7 Å². The summed E-state index contributed by atoms with van der Waals surface area (Å²) < 4.78 is 10.7. The van der Waals surface area contributed by atoms with Crippen LogP contribution >= 0.6 is 0 Å². The quantitative estimate of drug-likeness (QED) is 0.536. The van der Waals surface area contributed by atoms with E-state index in [9.17, 15) is 4.79 Å². The molecular weight excluding hydrogens is 392 g/mol. The van der Waals surface area contributed by atoms with Crippen LogP contribution in [0.25, 0.3) is 11.4 Å². The summed E-state index contributed by atoms with van der Waals surface area (Å²) in [7, 11) is 1.63. The lowest BCUT2D eigenvalue weighted by molar-refractivity contribution is -0.122. The van der Waals surface area contributed by atoms with Crippen molar-refractivity contribution in [3.8, 4) is 17.1 Å². The van der Waals surface area contributed by atoms with Gasteiger partial charge in [0.05, 0.1) is 7.11 Å². The smallest absolute Gasteiger partial charge is 0.324 e. The van der Waals surface area contributed by atoms with E-state index in [1.165, 1.54) is 0 Å². The highest BCUT2D eigenvalue weighted by atomic mass is 16.5. The van der Waals surface area contributed by atoms with Gasteiger partial charge in [0.15, 0.2) is 0 Å². The number of carbonyl (C=O) groups excluding carboxylic acids is 1. The Morgan fingerprint density at radius 2 is 1.90 bits per heavy atom. The van der Waals surface area contributed by atoms with Gasteiger partial charge in [0.25, 0.3) is 0 Å². The predicted molar refractivity (Wildman–Crippen MR) is 120 cm³/mol. The molecule has 1 aromatic heterocycles. The Kier molecular flexibility index (Phi) is 6.31. The zero-order valence-corrected chi connectivity index (χ0v) is 17.6. The standard InChI is InChI=1S/C24H26N4O3/c1-3-15-28(20-7-5-4-6-8-20)23(29)19-13-16-27(17-14-19)24-25-22(26-31-24)18-9-11-21(30-2)12-10-18/h3-12,19H,1,13-17H2,2H3. The number of nitrogens with zero attached hydrogens (tertiary/aromatic N) is 4. The maximum Gasteiger partial charge on any atom is 0.324 e. The van der Waals surface area contributed by atoms with Crippen LogP contribution in [0.5, 0.6) is 5.75 Å². The summed E-state index contributed by atoms with van der Waals surface area (Å²) in [5.41, 5.74) is 1.76. The van der Waals surface area contributed by atoms with Gasteiger partial charge in [-0.05, 0) is 49.2 Å². The largest absolute Gasteiger partial charge is 0.497 e. The molecule has 160 valence electrons. The van der Waals surface area contributed by atoms with Crippen LogP contribution in [-0.2, 0) is 4.79 Å². The first-order valence-electron chi connectivity index (χ1n) is 10.4. The molecule has 3 aromatic rings. The van der Waals surface area contributed by atoms with Gasteiger partial charge >= 0.3 is 6.01 Å². The Bertz CT molecular complexity index is 1010. The maximum atomic E-state index is 13.2. The summed E-state index contributed by atoms with van der Waals surface area (Å²) >= 11 is 0. The molecule has 0 saturated carbocycles. The number of carbonyl (C=O) groups is 1. The van der Waals surface area contributed by atoms with E-state index in [1.54, 1.807) is 13.2 Å². The Labute approximate surface area is 181 Å². The molecule has 1 saturated heterocycles. The molecule has 0 atom stereocenters. The molecule has 4 rings (SSSR count). The van der Waals surface area contributed by atoms with Crippen LogP contribution in [0.2, 0.25) is 0 Å². The normalized spacial score (nSPS) is 14.3. The van der Waals surface area contributed by atoms with E-state index in [-0.39, 0.29) is 11.8 Å². The Morgan fingerprint density at radius 1 is 1.19 bits per heavy atom. The minimum Gasteiger partial charge on any atom is -0.497 e. The third-order valence-electron chi connectivity index (χ3n) is 5.52. The molecule has 2 heterocycles. The van der Waals surface area contributed by atoms with Gasteiger partial charge in [-0.25, -0.2) is 0 Å². The molecule has 0 radical (unpaired) electrons. The van der Waals surface area contributed by atoms with Crippen molar-refractivity contribution in [1.82, 2.24) is 10.1 Å². The molecule has 7 nitrogen and oxygen atoms in total. The topological polar surface area (TPSA) is 71.7 Å². The van der Waals surface area contributed by atoms with Crippen LogP contribution in [0.1, 0.15) is 12.8 Å². The van der Waals surface area contributed by atoms with Gasteiger partial charge < -0.3 is 19.1 Å². The number of hydrogen-bond donors (Lipinski definition) is 0. The molecule has 1 aliphatic heterocycles. The number of aromatic nitrogens is 2. The van der Waals surface area contributed by atoms with Crippen LogP contribution < -0.4 is 14.5 Å². The van der Waals surface area contributed by atoms with Gasteiger partial charge in [-0.3, -0.25) is 4.79 Å². The van der Waals surface area contributed by atoms with Crippen molar-refractivity contribution in [2.45, 2.75) is 12.8 Å². The van der Waals surface area contributed by atoms with Gasteiger partial charge in [-0.2, -0.15) is 4.98 Å². The third kappa shape index (κ3) is 4.60. The fourth-order valence-electron chi connectivity index (χ4n) is 3.80. The van der Waals surface area contributed by atoms with Crippen molar-refractivity contribution in [1.29, 1.82) is 0 Å². The highest BCUT2D eigenvalue weighted by molar-refractivity contribution is 5.95. The second-order valence-corrected chi connectivity index (χ2v) is 7.46. The average Bonchev–Trinajstić information content (AvgIpc) is 3.33. The number of ether oxygens (including phenoxy) is 1. The average molecular weight is 418 g/mol. The zero-order valence-electron chi connectivity index (χ0n) is 17.6. The zero-order chi connectivity index (χ0) is 21.6. The first kappa shape index (κ1) is 20.7. The lowest BCUT2D eigenvalue weighted by atomic mass is 9.95. The van der Waals surface area contributed by atoms with Crippen molar-refractivity contribution in [2.24, 2.45) is 5.92 Å². The van der Waals surface area contributed by atoms with Gasteiger partial charge in [0, 0.05) is 36.8 Å². The second-order valence-electron chi connectivity index (χ2n) is 7.46. The Balaban J connectivity index is 1.39. The lowest BCUT2D eigenvalue weighted by Crippen LogP contribution is -2.43. The number of methoxy groups -OCH3 is 1. The summed E-state index contributed by atoms with van der Waals surface area (Å²) in [5.74, 6) is 1.41. The highest BCUT2D eigenvalue weighted by Crippen LogP contribution is 2.28. The van der Waals surface area contributed by atoms with Crippen molar-refractivity contribution in [3.63, 3.8) is 0 Å². The monoisotopic (exact) mass is 418 g/mol. The molecule has 0 aliphatic carbocycles. The predicted octanol–water partition coefficient (Wildman–Crippen LogP) is 4.18. The van der Waals surface area contributed by atoms with Crippen LogP contribution in [0.3, 0.4) is 0 Å². The number of benzene rings is 2. The maximum absolute atomic E-state index is 13.2. The fraction of sp³-hybridized carbons (Fsp3) is 0.292. The number of piperidine rings is 1. The fourth-order valence-corrected chi connectivity index (χ4v) is 3.80. The van der Waals surface area contributed by atoms with E-state index in [1.807, 2.05) is 64.4 Å². The first-order valence-corrected chi connectivity index (χ1v) is 10.4. The summed E-state index contributed by atoms with van der Waals surface area (Å²) in [4.78, 5) is 21.6. The van der Waals surface area contributed by atoms with Crippen molar-refractivity contribution in [3.05, 3.63) is 67.3 Å². The molecule has 0 unspecified atom stereocenters. The van der Waals surface area contributed by atoms with E-state index in [0.29, 0.717) is 31.5 Å². The van der Waals surface area contributed by atoms with E-state index in [4.69, 9.17) is 9.26 Å². The van der Waals surface area contributed by atoms with Crippen molar-refractivity contribution in [2.75, 3.05) is 36.5 Å². The van der Waals surface area contributed by atoms with Gasteiger partial charge in [-0.1, -0.05) is 29.4 Å². The van der Waals surface area contributed by atoms with Crippen molar-refractivity contribution < 1.29 is 14.1 Å². The first-order chi connectivity index (χ1) is 15.2. The van der Waals surface area contributed by atoms with E-state index in [2.05, 4.69) is 16.7 Å². The molecule has 0 N–H and O–H groups in total. The molecule has 2 aromatic carbocycles. The lowest BCUT2D eigenvalue weighted by Gasteiger charge is -2.33. The number of para-hydroxylation sites is 1. The summed E-state index contributed by atoms with van der Waals surface area (Å²) in [5, 5.41) is 4.11. The van der Waals surface area contributed by atoms with Crippen LogP contribution in [0.15, 0.2) is 71.8 Å². The molecule has 0 spiro atoms. The molecule has 31 heavy (non-hydrogen) atoms.